The van der Waals surface area contributed by atoms with Crippen LogP contribution in [-0.4, -0.2) is 12.1 Å². The minimum absolute atomic E-state index is 0.0931. The Labute approximate surface area is 129 Å². The fraction of sp³-hybridized carbons (Fsp3) is 0.526. The van der Waals surface area contributed by atoms with E-state index in [0.717, 1.165) is 25.7 Å². The van der Waals surface area contributed by atoms with Crippen LogP contribution < -0.4 is 0 Å². The van der Waals surface area contributed by atoms with Crippen molar-refractivity contribution in [1.29, 1.82) is 0 Å². The molecule has 2 heteroatoms. The van der Waals surface area contributed by atoms with Crippen LogP contribution in [0.25, 0.3) is 0 Å². The van der Waals surface area contributed by atoms with Crippen LogP contribution in [0.4, 0.5) is 0 Å². The molecule has 0 amide bonds. The number of benzene rings is 1. The van der Waals surface area contributed by atoms with Crippen molar-refractivity contribution >= 4 is 5.97 Å². The highest BCUT2D eigenvalue weighted by Gasteiger charge is 2.11. The smallest absolute Gasteiger partial charge is 0.306 e. The highest BCUT2D eigenvalue weighted by molar-refractivity contribution is 5.69. The van der Waals surface area contributed by atoms with Crippen LogP contribution in [0.5, 0.6) is 0 Å². The summed E-state index contributed by atoms with van der Waals surface area (Å²) in [7, 11) is 0. The van der Waals surface area contributed by atoms with Crippen LogP contribution in [0.2, 0.25) is 0 Å². The predicted molar refractivity (Wildman–Crippen MR) is 88.2 cm³/mol. The van der Waals surface area contributed by atoms with Gasteiger partial charge < -0.3 is 4.74 Å². The van der Waals surface area contributed by atoms with Gasteiger partial charge in [0.05, 0.1) is 0 Å². The van der Waals surface area contributed by atoms with Crippen LogP contribution in [0.1, 0.15) is 57.4 Å². The maximum absolute atomic E-state index is 11.8. The minimum atomic E-state index is -0.173. The largest absolute Gasteiger partial charge is 0.458 e. The number of aryl methyl sites for hydroxylation is 1. The number of hydrogen-bond acceptors (Lipinski definition) is 2. The SMILES string of the molecule is C=C[C@@H](CCc1ccccc1)OC(=O)CCCCCCC. The normalized spacial score (nSPS) is 11.9. The lowest BCUT2D eigenvalue weighted by atomic mass is 10.1. The molecule has 0 fully saturated rings. The minimum Gasteiger partial charge on any atom is -0.458 e. The van der Waals surface area contributed by atoms with Crippen molar-refractivity contribution in [3.8, 4) is 0 Å². The van der Waals surface area contributed by atoms with Gasteiger partial charge in [-0.25, -0.2) is 0 Å². The average molecular weight is 288 g/mol. The fourth-order valence-electron chi connectivity index (χ4n) is 2.28. The van der Waals surface area contributed by atoms with Gasteiger partial charge in [-0.15, -0.1) is 0 Å². The molecule has 0 aliphatic carbocycles. The lowest BCUT2D eigenvalue weighted by Crippen LogP contribution is -2.16. The summed E-state index contributed by atoms with van der Waals surface area (Å²) in [6.07, 6.45) is 9.53. The molecular weight excluding hydrogens is 260 g/mol. The van der Waals surface area contributed by atoms with E-state index in [1.54, 1.807) is 6.08 Å². The summed E-state index contributed by atoms with van der Waals surface area (Å²) in [5, 5.41) is 0. The quantitative estimate of drug-likeness (QED) is 0.322. The third-order valence-electron chi connectivity index (χ3n) is 3.59. The molecule has 1 aromatic carbocycles. The van der Waals surface area contributed by atoms with E-state index in [4.69, 9.17) is 4.74 Å². The van der Waals surface area contributed by atoms with E-state index in [9.17, 15) is 4.79 Å². The van der Waals surface area contributed by atoms with E-state index in [1.165, 1.54) is 24.8 Å². The van der Waals surface area contributed by atoms with Gasteiger partial charge in [0.2, 0.25) is 0 Å². The van der Waals surface area contributed by atoms with E-state index < -0.39 is 0 Å². The van der Waals surface area contributed by atoms with Crippen molar-refractivity contribution in [1.82, 2.24) is 0 Å². The summed E-state index contributed by atoms with van der Waals surface area (Å²) in [6.45, 7) is 5.96. The first kappa shape index (κ1) is 17.5. The number of unbranched alkanes of at least 4 members (excludes halogenated alkanes) is 4. The molecule has 21 heavy (non-hydrogen) atoms. The zero-order chi connectivity index (χ0) is 15.3. The summed E-state index contributed by atoms with van der Waals surface area (Å²) >= 11 is 0. The van der Waals surface area contributed by atoms with Crippen LogP contribution in [0.3, 0.4) is 0 Å². The molecule has 0 saturated carbocycles. The standard InChI is InChI=1S/C19H28O2/c1-3-5-6-7-11-14-19(20)21-18(4-2)16-15-17-12-9-8-10-13-17/h4,8-10,12-13,18H,2-3,5-7,11,14-16H2,1H3/t18-/m0/s1. The maximum Gasteiger partial charge on any atom is 0.306 e. The van der Waals surface area contributed by atoms with Gasteiger partial charge in [-0.05, 0) is 24.8 Å². The van der Waals surface area contributed by atoms with Gasteiger partial charge in [-0.1, -0.05) is 75.6 Å². The van der Waals surface area contributed by atoms with Crippen molar-refractivity contribution in [3.63, 3.8) is 0 Å². The highest BCUT2D eigenvalue weighted by Crippen LogP contribution is 2.11. The van der Waals surface area contributed by atoms with Crippen LogP contribution >= 0.6 is 0 Å². The Morgan fingerprint density at radius 1 is 1.19 bits per heavy atom. The average Bonchev–Trinajstić information content (AvgIpc) is 2.52. The molecule has 1 atom stereocenters. The fourth-order valence-corrected chi connectivity index (χ4v) is 2.28. The second kappa shape index (κ2) is 11.1. The number of hydrogen-bond donors (Lipinski definition) is 0. The van der Waals surface area contributed by atoms with E-state index in [1.807, 2.05) is 18.2 Å². The summed E-state index contributed by atoms with van der Waals surface area (Å²) in [4.78, 5) is 11.8. The van der Waals surface area contributed by atoms with Crippen molar-refractivity contribution < 1.29 is 9.53 Å². The number of rotatable bonds is 11. The zero-order valence-electron chi connectivity index (χ0n) is 13.2. The molecule has 0 N–H and O–H groups in total. The third-order valence-corrected chi connectivity index (χ3v) is 3.59. The van der Waals surface area contributed by atoms with E-state index >= 15 is 0 Å². The molecule has 0 heterocycles. The highest BCUT2D eigenvalue weighted by atomic mass is 16.5. The third kappa shape index (κ3) is 8.34. The van der Waals surface area contributed by atoms with Gasteiger partial charge in [-0.2, -0.15) is 0 Å². The molecule has 1 aromatic rings. The van der Waals surface area contributed by atoms with E-state index in [-0.39, 0.29) is 12.1 Å². The molecular formula is C19H28O2. The lowest BCUT2D eigenvalue weighted by Gasteiger charge is -2.14. The number of carbonyl (C=O) groups is 1. The summed E-state index contributed by atoms with van der Waals surface area (Å²) in [5.41, 5.74) is 1.26. The van der Waals surface area contributed by atoms with Gasteiger partial charge >= 0.3 is 5.97 Å². The van der Waals surface area contributed by atoms with Gasteiger partial charge in [0.25, 0.3) is 0 Å². The van der Waals surface area contributed by atoms with Gasteiger partial charge in [0.15, 0.2) is 0 Å². The topological polar surface area (TPSA) is 26.3 Å². The summed E-state index contributed by atoms with van der Waals surface area (Å²) in [6, 6.07) is 10.2. The Kier molecular flexibility index (Phi) is 9.26. The van der Waals surface area contributed by atoms with Gasteiger partial charge in [0.1, 0.15) is 6.10 Å². The van der Waals surface area contributed by atoms with Crippen LogP contribution in [0.15, 0.2) is 43.0 Å². The molecule has 0 aromatic heterocycles. The Bertz CT molecular complexity index is 397. The molecule has 1 rings (SSSR count). The molecule has 0 aliphatic heterocycles. The first-order chi connectivity index (χ1) is 10.3. The zero-order valence-corrected chi connectivity index (χ0v) is 13.2. The number of ether oxygens (including phenoxy) is 1. The Morgan fingerprint density at radius 2 is 1.90 bits per heavy atom. The number of esters is 1. The van der Waals surface area contributed by atoms with Gasteiger partial charge in [0, 0.05) is 6.42 Å². The van der Waals surface area contributed by atoms with Crippen LogP contribution in [-0.2, 0) is 16.0 Å². The Hall–Kier alpha value is -1.57. The van der Waals surface area contributed by atoms with E-state index in [2.05, 4.69) is 25.6 Å². The molecule has 0 saturated heterocycles. The molecule has 116 valence electrons. The second-order valence-electron chi connectivity index (χ2n) is 5.45. The molecule has 0 unspecified atom stereocenters. The molecule has 0 radical (unpaired) electrons. The molecule has 0 bridgehead atoms. The van der Waals surface area contributed by atoms with E-state index in [0.29, 0.717) is 6.42 Å². The lowest BCUT2D eigenvalue weighted by molar-refractivity contribution is -0.147. The number of carbonyl (C=O) groups excluding carboxylic acids is 1. The summed E-state index contributed by atoms with van der Waals surface area (Å²) < 4.78 is 5.47. The molecule has 0 spiro atoms. The van der Waals surface area contributed by atoms with Gasteiger partial charge in [-0.3, -0.25) is 4.79 Å². The Morgan fingerprint density at radius 3 is 2.57 bits per heavy atom. The first-order valence-corrected chi connectivity index (χ1v) is 8.12. The first-order valence-electron chi connectivity index (χ1n) is 8.12. The predicted octanol–water partition coefficient (Wildman–Crippen LogP) is 5.08. The van der Waals surface area contributed by atoms with Crippen molar-refractivity contribution in [2.75, 3.05) is 0 Å². The van der Waals surface area contributed by atoms with Crippen molar-refractivity contribution in [3.05, 3.63) is 48.6 Å². The Balaban J connectivity index is 2.20. The molecule has 0 aliphatic rings. The summed E-state index contributed by atoms with van der Waals surface area (Å²) in [5.74, 6) is -0.0931. The van der Waals surface area contributed by atoms with Crippen molar-refractivity contribution in [2.45, 2.75) is 64.4 Å². The van der Waals surface area contributed by atoms with Crippen molar-refractivity contribution in [2.24, 2.45) is 0 Å². The monoisotopic (exact) mass is 288 g/mol. The molecule has 2 nitrogen and oxygen atoms in total. The van der Waals surface area contributed by atoms with Crippen LogP contribution in [0, 0.1) is 0 Å². The maximum atomic E-state index is 11.8. The second-order valence-corrected chi connectivity index (χ2v) is 5.45.